The molecule has 0 saturated carbocycles. The van der Waals surface area contributed by atoms with Gasteiger partial charge in [-0.3, -0.25) is 14.4 Å². The minimum Gasteiger partial charge on any atom is -0.481 e. The summed E-state index contributed by atoms with van der Waals surface area (Å²) in [6.45, 7) is 3.67. The highest BCUT2D eigenvalue weighted by atomic mass is 16.4. The van der Waals surface area contributed by atoms with Crippen molar-refractivity contribution >= 4 is 11.9 Å². The molecule has 18 heavy (non-hydrogen) atoms. The minimum absolute atomic E-state index is 0.00723. The van der Waals surface area contributed by atoms with Gasteiger partial charge in [0.25, 0.3) is 5.91 Å². The molecule has 0 fully saturated rings. The SMILES string of the molecule is CC(C)C(CC(=O)O)NC(=O)c1ccc(=O)[nH]c1. The van der Waals surface area contributed by atoms with Crippen LogP contribution in [-0.2, 0) is 4.79 Å². The molecule has 0 aliphatic rings. The van der Waals surface area contributed by atoms with E-state index in [9.17, 15) is 14.4 Å². The molecule has 0 spiro atoms. The molecule has 1 rings (SSSR count). The lowest BCUT2D eigenvalue weighted by Crippen LogP contribution is -2.40. The first-order valence-corrected chi connectivity index (χ1v) is 5.61. The number of carbonyl (C=O) groups excluding carboxylic acids is 1. The van der Waals surface area contributed by atoms with Gasteiger partial charge >= 0.3 is 5.97 Å². The number of nitrogens with one attached hydrogen (secondary N) is 2. The zero-order chi connectivity index (χ0) is 13.7. The molecule has 1 amide bonds. The first-order chi connectivity index (χ1) is 8.40. The Balaban J connectivity index is 2.75. The average molecular weight is 252 g/mol. The molecule has 0 bridgehead atoms. The van der Waals surface area contributed by atoms with Crippen LogP contribution in [0.3, 0.4) is 0 Å². The van der Waals surface area contributed by atoms with E-state index in [0.717, 1.165) is 0 Å². The van der Waals surface area contributed by atoms with Gasteiger partial charge < -0.3 is 15.4 Å². The molecule has 0 aliphatic carbocycles. The van der Waals surface area contributed by atoms with Gasteiger partial charge in [0.2, 0.25) is 5.56 Å². The molecule has 0 aliphatic heterocycles. The van der Waals surface area contributed by atoms with E-state index in [1.165, 1.54) is 18.3 Å². The summed E-state index contributed by atoms with van der Waals surface area (Å²) < 4.78 is 0. The van der Waals surface area contributed by atoms with Crippen LogP contribution in [0.25, 0.3) is 0 Å². The van der Waals surface area contributed by atoms with E-state index in [-0.39, 0.29) is 17.9 Å². The highest BCUT2D eigenvalue weighted by molar-refractivity contribution is 5.94. The van der Waals surface area contributed by atoms with Gasteiger partial charge in [0, 0.05) is 18.3 Å². The third-order valence-electron chi connectivity index (χ3n) is 2.56. The lowest BCUT2D eigenvalue weighted by Gasteiger charge is -2.20. The van der Waals surface area contributed by atoms with E-state index < -0.39 is 17.9 Å². The van der Waals surface area contributed by atoms with Gasteiger partial charge in [-0.1, -0.05) is 13.8 Å². The van der Waals surface area contributed by atoms with E-state index in [1.54, 1.807) is 0 Å². The highest BCUT2D eigenvalue weighted by Crippen LogP contribution is 2.07. The van der Waals surface area contributed by atoms with Crippen molar-refractivity contribution in [3.05, 3.63) is 34.2 Å². The molecule has 1 aromatic heterocycles. The van der Waals surface area contributed by atoms with Crippen molar-refractivity contribution < 1.29 is 14.7 Å². The standard InChI is InChI=1S/C12H16N2O4/c1-7(2)9(5-11(16)17)14-12(18)8-3-4-10(15)13-6-8/h3-4,6-7,9H,5H2,1-2H3,(H,13,15)(H,14,18)(H,16,17). The summed E-state index contributed by atoms with van der Waals surface area (Å²) in [6.07, 6.45) is 1.17. The Hall–Kier alpha value is -2.11. The van der Waals surface area contributed by atoms with Crippen LogP contribution in [0, 0.1) is 5.92 Å². The van der Waals surface area contributed by atoms with E-state index in [4.69, 9.17) is 5.11 Å². The van der Waals surface area contributed by atoms with Crippen molar-refractivity contribution in [2.75, 3.05) is 0 Å². The fourth-order valence-corrected chi connectivity index (χ4v) is 1.45. The second-order valence-corrected chi connectivity index (χ2v) is 4.36. The topological polar surface area (TPSA) is 99.3 Å². The number of carboxylic acids is 1. The monoisotopic (exact) mass is 252 g/mol. The van der Waals surface area contributed by atoms with Gasteiger partial charge in [-0.2, -0.15) is 0 Å². The van der Waals surface area contributed by atoms with Gasteiger partial charge in [0.1, 0.15) is 0 Å². The Bertz CT molecular complexity index is 473. The number of aromatic nitrogens is 1. The number of hydrogen-bond donors (Lipinski definition) is 3. The number of hydrogen-bond acceptors (Lipinski definition) is 3. The van der Waals surface area contributed by atoms with Crippen molar-refractivity contribution in [2.24, 2.45) is 5.92 Å². The summed E-state index contributed by atoms with van der Waals surface area (Å²) in [7, 11) is 0. The Morgan fingerprint density at radius 2 is 2.06 bits per heavy atom. The van der Waals surface area contributed by atoms with Crippen LogP contribution in [0.5, 0.6) is 0 Å². The number of amides is 1. The van der Waals surface area contributed by atoms with Crippen molar-refractivity contribution in [2.45, 2.75) is 26.3 Å². The predicted molar refractivity (Wildman–Crippen MR) is 65.4 cm³/mol. The molecule has 1 unspecified atom stereocenters. The number of carbonyl (C=O) groups is 2. The largest absolute Gasteiger partial charge is 0.481 e. The summed E-state index contributed by atoms with van der Waals surface area (Å²) in [6, 6.07) is 2.20. The van der Waals surface area contributed by atoms with Crippen LogP contribution in [0.2, 0.25) is 0 Å². The van der Waals surface area contributed by atoms with Crippen molar-refractivity contribution in [1.82, 2.24) is 10.3 Å². The third kappa shape index (κ3) is 4.04. The molecule has 1 heterocycles. The number of pyridine rings is 1. The molecule has 6 heteroatoms. The van der Waals surface area contributed by atoms with Gasteiger partial charge in [0.15, 0.2) is 0 Å². The van der Waals surface area contributed by atoms with Gasteiger partial charge in [-0.25, -0.2) is 0 Å². The van der Waals surface area contributed by atoms with E-state index in [2.05, 4.69) is 10.3 Å². The summed E-state index contributed by atoms with van der Waals surface area (Å²) >= 11 is 0. The normalized spacial score (nSPS) is 12.2. The molecule has 0 saturated heterocycles. The van der Waals surface area contributed by atoms with Crippen LogP contribution in [-0.4, -0.2) is 28.0 Å². The Labute approximate surface area is 104 Å². The van der Waals surface area contributed by atoms with Crippen LogP contribution in [0.1, 0.15) is 30.6 Å². The van der Waals surface area contributed by atoms with Crippen molar-refractivity contribution in [1.29, 1.82) is 0 Å². The molecule has 98 valence electrons. The van der Waals surface area contributed by atoms with Crippen LogP contribution in [0.15, 0.2) is 23.1 Å². The zero-order valence-corrected chi connectivity index (χ0v) is 10.3. The summed E-state index contributed by atoms with van der Waals surface area (Å²) in [5.41, 5.74) is 0.00290. The third-order valence-corrected chi connectivity index (χ3v) is 2.56. The smallest absolute Gasteiger partial charge is 0.305 e. The maximum atomic E-state index is 11.8. The van der Waals surface area contributed by atoms with E-state index >= 15 is 0 Å². The number of H-pyrrole nitrogens is 1. The number of aromatic amines is 1. The summed E-state index contributed by atoms with van der Waals surface area (Å²) in [5.74, 6) is -1.35. The van der Waals surface area contributed by atoms with Gasteiger partial charge in [0.05, 0.1) is 12.0 Å². The van der Waals surface area contributed by atoms with Gasteiger partial charge in [-0.15, -0.1) is 0 Å². The number of carboxylic acid groups (broad SMARTS) is 1. The molecular weight excluding hydrogens is 236 g/mol. The molecule has 1 aromatic rings. The maximum Gasteiger partial charge on any atom is 0.305 e. The molecule has 1 atom stereocenters. The van der Waals surface area contributed by atoms with Crippen LogP contribution >= 0.6 is 0 Å². The van der Waals surface area contributed by atoms with E-state index in [1.807, 2.05) is 13.8 Å². The molecule has 6 nitrogen and oxygen atoms in total. The fourth-order valence-electron chi connectivity index (χ4n) is 1.45. The molecule has 0 aromatic carbocycles. The van der Waals surface area contributed by atoms with Crippen molar-refractivity contribution in [3.63, 3.8) is 0 Å². The predicted octanol–water partition coefficient (Wildman–Crippen LogP) is 0.604. The average Bonchev–Trinajstić information content (AvgIpc) is 2.28. The second kappa shape index (κ2) is 6.00. The fraction of sp³-hybridized carbons (Fsp3) is 0.417. The first kappa shape index (κ1) is 14.0. The van der Waals surface area contributed by atoms with Crippen molar-refractivity contribution in [3.8, 4) is 0 Å². The highest BCUT2D eigenvalue weighted by Gasteiger charge is 2.20. The van der Waals surface area contributed by atoms with Crippen LogP contribution < -0.4 is 10.9 Å². The Kier molecular flexibility index (Phi) is 4.65. The zero-order valence-electron chi connectivity index (χ0n) is 10.3. The molecule has 0 radical (unpaired) electrons. The Morgan fingerprint density at radius 3 is 2.50 bits per heavy atom. The second-order valence-electron chi connectivity index (χ2n) is 4.36. The minimum atomic E-state index is -0.963. The quantitative estimate of drug-likeness (QED) is 0.714. The summed E-state index contributed by atoms with van der Waals surface area (Å²) in [5, 5.41) is 11.4. The number of aliphatic carboxylic acids is 1. The first-order valence-electron chi connectivity index (χ1n) is 5.61. The van der Waals surface area contributed by atoms with Crippen LogP contribution in [0.4, 0.5) is 0 Å². The molecule has 3 N–H and O–H groups in total. The number of rotatable bonds is 5. The molecular formula is C12H16N2O4. The lowest BCUT2D eigenvalue weighted by molar-refractivity contribution is -0.137. The Morgan fingerprint density at radius 1 is 1.39 bits per heavy atom. The summed E-state index contributed by atoms with van der Waals surface area (Å²) in [4.78, 5) is 35.8. The van der Waals surface area contributed by atoms with Gasteiger partial charge in [-0.05, 0) is 12.0 Å². The van der Waals surface area contributed by atoms with E-state index in [0.29, 0.717) is 5.56 Å². The maximum absolute atomic E-state index is 11.8. The lowest BCUT2D eigenvalue weighted by atomic mass is 10.0.